The number of hydrogen-bond acceptors (Lipinski definition) is 11. The number of anilines is 2. The van der Waals surface area contributed by atoms with Gasteiger partial charge in [-0.05, 0) is 45.2 Å². The minimum absolute atomic E-state index is 0.00377. The Kier molecular flexibility index (Phi) is 6.49. The van der Waals surface area contributed by atoms with Crippen molar-refractivity contribution in [1.82, 2.24) is 24.8 Å². The Bertz CT molecular complexity index is 1770. The van der Waals surface area contributed by atoms with Gasteiger partial charge in [-0.25, -0.2) is 28.7 Å². The molecule has 1 aliphatic carbocycles. The van der Waals surface area contributed by atoms with Crippen LogP contribution < -0.4 is 15.8 Å². The van der Waals surface area contributed by atoms with E-state index in [-0.39, 0.29) is 39.9 Å². The second-order valence-electron chi connectivity index (χ2n) is 11.2. The van der Waals surface area contributed by atoms with E-state index in [4.69, 9.17) is 14.9 Å². The first kappa shape index (κ1) is 27.5. The van der Waals surface area contributed by atoms with Crippen molar-refractivity contribution in [1.29, 1.82) is 0 Å². The lowest BCUT2D eigenvalue weighted by atomic mass is 9.85. The highest BCUT2D eigenvalue weighted by Crippen LogP contribution is 2.66. The summed E-state index contributed by atoms with van der Waals surface area (Å²) in [5, 5.41) is 3.25. The molecule has 2 fully saturated rings. The summed E-state index contributed by atoms with van der Waals surface area (Å²) < 4.78 is 40.9. The van der Waals surface area contributed by atoms with Crippen molar-refractivity contribution >= 4 is 45.4 Å². The predicted molar refractivity (Wildman–Crippen MR) is 156 cm³/mol. The Balaban J connectivity index is 1.19. The fraction of sp³-hybridized carbons (Fsp3) is 0.379. The molecule has 3 aromatic heterocycles. The van der Waals surface area contributed by atoms with Crippen LogP contribution in [0, 0.1) is 17.6 Å². The predicted octanol–water partition coefficient (Wildman–Crippen LogP) is 4.83. The Morgan fingerprint density at radius 2 is 2.05 bits per heavy atom. The molecule has 4 aromatic rings. The Labute approximate surface area is 249 Å². The number of pyridine rings is 1. The van der Waals surface area contributed by atoms with E-state index in [1.165, 1.54) is 42.7 Å². The second kappa shape index (κ2) is 10.1. The van der Waals surface area contributed by atoms with Gasteiger partial charge in [0.2, 0.25) is 17.7 Å². The van der Waals surface area contributed by atoms with E-state index in [9.17, 15) is 4.79 Å². The van der Waals surface area contributed by atoms with Crippen LogP contribution in [0.4, 0.5) is 20.3 Å². The smallest absolute Gasteiger partial charge is 0.239 e. The minimum atomic E-state index is -1.24. The van der Waals surface area contributed by atoms with Crippen molar-refractivity contribution < 1.29 is 22.7 Å². The van der Waals surface area contributed by atoms with Crippen LogP contribution in [0.1, 0.15) is 50.7 Å². The van der Waals surface area contributed by atoms with Crippen LogP contribution in [-0.4, -0.2) is 53.7 Å². The van der Waals surface area contributed by atoms with E-state index in [1.54, 1.807) is 19.9 Å². The lowest BCUT2D eigenvalue weighted by Gasteiger charge is -2.35. The average Bonchev–Trinajstić information content (AvgIpc) is 3.34. The number of thioether (sulfide) groups is 1. The molecule has 43 heavy (non-hydrogen) atoms. The minimum Gasteiger partial charge on any atom is -0.464 e. The van der Waals surface area contributed by atoms with E-state index < -0.39 is 28.0 Å². The van der Waals surface area contributed by atoms with Crippen LogP contribution in [0.3, 0.4) is 0 Å². The number of amidine groups is 1. The molecule has 0 spiro atoms. The molecule has 5 heterocycles. The summed E-state index contributed by atoms with van der Waals surface area (Å²) in [4.78, 5) is 37.4. The van der Waals surface area contributed by atoms with Crippen LogP contribution in [0.25, 0.3) is 11.0 Å². The van der Waals surface area contributed by atoms with Crippen molar-refractivity contribution in [3.8, 4) is 5.88 Å². The molecule has 0 unspecified atom stereocenters. The summed E-state index contributed by atoms with van der Waals surface area (Å²) in [5.41, 5.74) is 6.10. The summed E-state index contributed by atoms with van der Waals surface area (Å²) in [6.45, 7) is 4.87. The number of ether oxygens (including phenoxy) is 1. The number of aromatic nitrogens is 4. The number of halogens is 2. The molecule has 1 amide bonds. The standard InChI is InChI=1S/C29H28F2N8O3S/c1-15(25-34-7-10-41-25)42-21-14-35-23-19(37-21)5-6-33-24(23)36-16-11-17(22(31)18(30)12-16)28(2)20-13-29(20,43-27(32)38-28)26(40)39-8-3-4-9-39/h5-7,10-12,14-15,20H,3-4,8-9,13H2,1-2H3,(H2,32,38)(H,33,36)/t15-,20-,28+,29-/m0/s1. The zero-order chi connectivity index (χ0) is 29.9. The van der Waals surface area contributed by atoms with Crippen LogP contribution >= 0.6 is 11.8 Å². The number of carbonyl (C=O) groups is 1. The van der Waals surface area contributed by atoms with Gasteiger partial charge in [0.05, 0.1) is 23.4 Å². The SMILES string of the molecule is C[C@H](Oc1cnc2c(Nc3cc(F)c(F)c([C@@]4(C)N=C(N)S[C@@]5(C(=O)N6CCCC6)C[C@H]54)c3)nccc2n1)c1ncco1. The number of carbonyl (C=O) groups excluding carboxylic acids is 1. The first-order valence-corrected chi connectivity index (χ1v) is 14.8. The lowest BCUT2D eigenvalue weighted by Crippen LogP contribution is -2.45. The molecule has 1 saturated heterocycles. The molecule has 0 bridgehead atoms. The summed E-state index contributed by atoms with van der Waals surface area (Å²) in [6, 6.07) is 4.21. The second-order valence-corrected chi connectivity index (χ2v) is 12.5. The maximum Gasteiger partial charge on any atom is 0.239 e. The molecule has 3 N–H and O–H groups in total. The summed E-state index contributed by atoms with van der Waals surface area (Å²) in [5.74, 6) is -1.50. The van der Waals surface area contributed by atoms with E-state index >= 15 is 8.78 Å². The number of oxazole rings is 1. The number of amides is 1. The van der Waals surface area contributed by atoms with Crippen molar-refractivity contribution in [3.63, 3.8) is 0 Å². The quantitative estimate of drug-likeness (QED) is 0.300. The highest BCUT2D eigenvalue weighted by molar-refractivity contribution is 8.15. The topological polar surface area (TPSA) is 145 Å². The van der Waals surface area contributed by atoms with Gasteiger partial charge in [0.1, 0.15) is 16.5 Å². The number of nitrogens with two attached hydrogens (primary N) is 1. The number of nitrogens with one attached hydrogen (secondary N) is 1. The zero-order valence-corrected chi connectivity index (χ0v) is 24.2. The molecule has 1 aromatic carbocycles. The molecule has 14 heteroatoms. The van der Waals surface area contributed by atoms with Gasteiger partial charge in [0.25, 0.3) is 0 Å². The van der Waals surface area contributed by atoms with Crippen molar-refractivity contribution in [2.45, 2.75) is 49.5 Å². The van der Waals surface area contributed by atoms with Gasteiger partial charge in [-0.15, -0.1) is 0 Å². The summed E-state index contributed by atoms with van der Waals surface area (Å²) in [6.07, 6.45) is 7.83. The fourth-order valence-electron chi connectivity index (χ4n) is 6.15. The van der Waals surface area contributed by atoms with Gasteiger partial charge in [0.15, 0.2) is 28.7 Å². The van der Waals surface area contributed by atoms with E-state index in [0.29, 0.717) is 36.4 Å². The average molecular weight is 607 g/mol. The lowest BCUT2D eigenvalue weighted by molar-refractivity contribution is -0.130. The number of hydrogen-bond donors (Lipinski definition) is 2. The number of fused-ring (bicyclic) bond motifs is 2. The first-order valence-electron chi connectivity index (χ1n) is 14.0. The molecule has 3 aliphatic rings. The highest BCUT2D eigenvalue weighted by Gasteiger charge is 2.71. The molecular weight excluding hydrogens is 578 g/mol. The Morgan fingerprint density at radius 1 is 1.23 bits per heavy atom. The summed E-state index contributed by atoms with van der Waals surface area (Å²) in [7, 11) is 0. The Morgan fingerprint density at radius 3 is 2.81 bits per heavy atom. The van der Waals surface area contributed by atoms with Crippen molar-refractivity contribution in [3.05, 3.63) is 66.1 Å². The van der Waals surface area contributed by atoms with E-state index in [1.807, 2.05) is 4.90 Å². The van der Waals surface area contributed by atoms with Gasteiger partial charge in [-0.1, -0.05) is 11.8 Å². The molecule has 222 valence electrons. The van der Waals surface area contributed by atoms with Crippen LogP contribution in [0.5, 0.6) is 5.88 Å². The van der Waals surface area contributed by atoms with Gasteiger partial charge < -0.3 is 25.1 Å². The van der Waals surface area contributed by atoms with E-state index in [0.717, 1.165) is 18.9 Å². The maximum absolute atomic E-state index is 15.5. The van der Waals surface area contributed by atoms with Crippen LogP contribution in [0.15, 0.2) is 52.5 Å². The van der Waals surface area contributed by atoms with E-state index in [2.05, 4.69) is 30.2 Å². The Hall–Kier alpha value is -4.33. The molecule has 1 saturated carbocycles. The number of rotatable bonds is 7. The van der Waals surface area contributed by atoms with Crippen molar-refractivity contribution in [2.24, 2.45) is 16.6 Å². The number of benzene rings is 1. The summed E-state index contributed by atoms with van der Waals surface area (Å²) >= 11 is 1.24. The van der Waals surface area contributed by atoms with Crippen LogP contribution in [0.2, 0.25) is 0 Å². The molecule has 4 atom stereocenters. The van der Waals surface area contributed by atoms with Gasteiger partial charge in [-0.3, -0.25) is 9.79 Å². The molecular formula is C29H28F2N8O3S. The number of nitrogens with zero attached hydrogens (tertiary/aromatic N) is 6. The first-order chi connectivity index (χ1) is 20.7. The number of likely N-dealkylation sites (tertiary alicyclic amines) is 1. The molecule has 0 radical (unpaired) electrons. The molecule has 11 nitrogen and oxygen atoms in total. The van der Waals surface area contributed by atoms with Crippen LogP contribution in [-0.2, 0) is 10.3 Å². The van der Waals surface area contributed by atoms with Gasteiger partial charge in [0, 0.05) is 42.5 Å². The third-order valence-corrected chi connectivity index (χ3v) is 9.63. The largest absolute Gasteiger partial charge is 0.464 e. The maximum atomic E-state index is 15.5. The number of aliphatic imine (C=N–C) groups is 1. The third kappa shape index (κ3) is 4.64. The van der Waals surface area contributed by atoms with Gasteiger partial charge >= 0.3 is 0 Å². The monoisotopic (exact) mass is 606 g/mol. The van der Waals surface area contributed by atoms with Gasteiger partial charge in [-0.2, -0.15) is 0 Å². The fourth-order valence-corrected chi connectivity index (χ4v) is 7.60. The normalized spacial score (nSPS) is 25.3. The zero-order valence-electron chi connectivity index (χ0n) is 23.4. The molecule has 2 aliphatic heterocycles. The third-order valence-electron chi connectivity index (χ3n) is 8.34. The highest BCUT2D eigenvalue weighted by atomic mass is 32.2. The molecule has 7 rings (SSSR count). The van der Waals surface area contributed by atoms with Crippen molar-refractivity contribution in [2.75, 3.05) is 18.4 Å².